The van der Waals surface area contributed by atoms with E-state index >= 15 is 0 Å². The van der Waals surface area contributed by atoms with Gasteiger partial charge in [0.25, 0.3) is 11.6 Å². The van der Waals surface area contributed by atoms with E-state index in [9.17, 15) is 14.9 Å². The van der Waals surface area contributed by atoms with Crippen LogP contribution in [0.15, 0.2) is 24.3 Å². The second-order valence-electron chi connectivity index (χ2n) is 6.49. The summed E-state index contributed by atoms with van der Waals surface area (Å²) in [5, 5.41) is 14.0. The lowest BCUT2D eigenvalue weighted by Crippen LogP contribution is -2.43. The molecule has 23 heavy (non-hydrogen) atoms. The molecule has 1 aromatic carbocycles. The number of carbonyl (C=O) groups is 1. The van der Waals surface area contributed by atoms with Crippen LogP contribution < -0.4 is 5.32 Å². The van der Waals surface area contributed by atoms with Crippen LogP contribution in [0.25, 0.3) is 0 Å². The molecule has 1 aliphatic heterocycles. The predicted molar refractivity (Wildman–Crippen MR) is 87.3 cm³/mol. The minimum Gasteiger partial charge on any atom is -0.350 e. The Morgan fingerprint density at radius 3 is 2.91 bits per heavy atom. The molecular weight excluding hydrogens is 294 g/mol. The second kappa shape index (κ2) is 6.66. The van der Waals surface area contributed by atoms with Gasteiger partial charge < -0.3 is 5.32 Å². The topological polar surface area (TPSA) is 75.5 Å². The van der Waals surface area contributed by atoms with Crippen LogP contribution in [0.3, 0.4) is 0 Å². The molecule has 1 heterocycles. The third-order valence-corrected chi connectivity index (χ3v) is 5.37. The van der Waals surface area contributed by atoms with Crippen molar-refractivity contribution in [1.82, 2.24) is 10.2 Å². The van der Waals surface area contributed by atoms with Crippen molar-refractivity contribution in [2.24, 2.45) is 11.8 Å². The monoisotopic (exact) mass is 317 g/mol. The van der Waals surface area contributed by atoms with Gasteiger partial charge in [-0.1, -0.05) is 25.5 Å². The molecule has 3 atom stereocenters. The maximum Gasteiger partial charge on any atom is 0.282 e. The lowest BCUT2D eigenvalue weighted by Gasteiger charge is -2.26. The smallest absolute Gasteiger partial charge is 0.282 e. The van der Waals surface area contributed by atoms with Gasteiger partial charge in [-0.3, -0.25) is 19.8 Å². The van der Waals surface area contributed by atoms with Crippen LogP contribution in [0, 0.1) is 22.0 Å². The zero-order chi connectivity index (χ0) is 16.4. The van der Waals surface area contributed by atoms with Gasteiger partial charge in [-0.15, -0.1) is 0 Å². The molecule has 0 aromatic heterocycles. The number of fused-ring (bicyclic) bond motifs is 1. The van der Waals surface area contributed by atoms with Crippen molar-refractivity contribution >= 4 is 11.6 Å². The SMILES string of the molecule is CCN1CC2CCCC2C1CNC(=O)c1ccccc1[N+](=O)[O-]. The molecule has 3 rings (SSSR count). The van der Waals surface area contributed by atoms with Gasteiger partial charge >= 0.3 is 0 Å². The van der Waals surface area contributed by atoms with Crippen LogP contribution in [-0.2, 0) is 0 Å². The van der Waals surface area contributed by atoms with Crippen molar-refractivity contribution in [3.63, 3.8) is 0 Å². The highest BCUT2D eigenvalue weighted by Gasteiger charge is 2.43. The fourth-order valence-corrected chi connectivity index (χ4v) is 4.27. The molecule has 0 radical (unpaired) electrons. The van der Waals surface area contributed by atoms with E-state index < -0.39 is 4.92 Å². The lowest BCUT2D eigenvalue weighted by molar-refractivity contribution is -0.385. The van der Waals surface area contributed by atoms with Gasteiger partial charge in [0.15, 0.2) is 0 Å². The van der Waals surface area contributed by atoms with E-state index in [2.05, 4.69) is 17.1 Å². The number of hydrogen-bond donors (Lipinski definition) is 1. The molecule has 1 N–H and O–H groups in total. The molecule has 1 saturated heterocycles. The summed E-state index contributed by atoms with van der Waals surface area (Å²) in [5.41, 5.74) is 0.00373. The number of nitro benzene ring substituents is 1. The number of hydrogen-bond acceptors (Lipinski definition) is 4. The van der Waals surface area contributed by atoms with Gasteiger partial charge in [0, 0.05) is 25.2 Å². The van der Waals surface area contributed by atoms with Crippen molar-refractivity contribution in [1.29, 1.82) is 0 Å². The molecule has 0 spiro atoms. The highest BCUT2D eigenvalue weighted by Crippen LogP contribution is 2.41. The first kappa shape index (κ1) is 15.9. The highest BCUT2D eigenvalue weighted by molar-refractivity contribution is 5.98. The summed E-state index contributed by atoms with van der Waals surface area (Å²) in [5.74, 6) is 1.05. The van der Waals surface area contributed by atoms with Gasteiger partial charge in [-0.25, -0.2) is 0 Å². The van der Waals surface area contributed by atoms with E-state index in [1.165, 1.54) is 31.4 Å². The average Bonchev–Trinajstić information content (AvgIpc) is 3.13. The van der Waals surface area contributed by atoms with Gasteiger partial charge in [0.2, 0.25) is 0 Å². The number of nitrogens with zero attached hydrogens (tertiary/aromatic N) is 2. The van der Waals surface area contributed by atoms with Gasteiger partial charge in [0.05, 0.1) is 4.92 Å². The molecule has 0 bridgehead atoms. The van der Waals surface area contributed by atoms with E-state index in [1.807, 2.05) is 0 Å². The van der Waals surface area contributed by atoms with Crippen LogP contribution in [-0.4, -0.2) is 41.4 Å². The van der Waals surface area contributed by atoms with Crippen molar-refractivity contribution in [2.45, 2.75) is 32.2 Å². The number of amides is 1. The fourth-order valence-electron chi connectivity index (χ4n) is 4.27. The largest absolute Gasteiger partial charge is 0.350 e. The number of likely N-dealkylation sites (N-methyl/N-ethyl adjacent to an activating group) is 1. The molecule has 6 nitrogen and oxygen atoms in total. The molecule has 1 amide bonds. The third-order valence-electron chi connectivity index (χ3n) is 5.37. The molecule has 1 saturated carbocycles. The summed E-state index contributed by atoms with van der Waals surface area (Å²) in [4.78, 5) is 25.4. The molecule has 1 aliphatic carbocycles. The Labute approximate surface area is 136 Å². The van der Waals surface area contributed by atoms with Crippen LogP contribution in [0.2, 0.25) is 0 Å². The highest BCUT2D eigenvalue weighted by atomic mass is 16.6. The van der Waals surface area contributed by atoms with Crippen molar-refractivity contribution in [3.8, 4) is 0 Å². The maximum absolute atomic E-state index is 12.4. The van der Waals surface area contributed by atoms with Crippen LogP contribution >= 0.6 is 0 Å². The van der Waals surface area contributed by atoms with E-state index in [0.29, 0.717) is 18.5 Å². The molecule has 6 heteroatoms. The van der Waals surface area contributed by atoms with Crippen molar-refractivity contribution in [3.05, 3.63) is 39.9 Å². The maximum atomic E-state index is 12.4. The standard InChI is InChI=1S/C17H23N3O3/c1-2-19-11-12-6-5-8-13(12)16(19)10-18-17(21)14-7-3-4-9-15(14)20(22)23/h3-4,7,9,12-13,16H,2,5-6,8,10-11H2,1H3,(H,18,21). The molecular formula is C17H23N3O3. The van der Waals surface area contributed by atoms with Crippen LogP contribution in [0.5, 0.6) is 0 Å². The Bertz CT molecular complexity index is 605. The minimum atomic E-state index is -0.504. The molecule has 2 fully saturated rings. The average molecular weight is 317 g/mol. The van der Waals surface area contributed by atoms with Crippen LogP contribution in [0.1, 0.15) is 36.5 Å². The first-order valence-corrected chi connectivity index (χ1v) is 8.37. The number of rotatable bonds is 5. The summed E-state index contributed by atoms with van der Waals surface area (Å²) in [6.07, 6.45) is 3.80. The molecule has 124 valence electrons. The number of nitrogens with one attached hydrogen (secondary N) is 1. The Kier molecular flexibility index (Phi) is 4.61. The van der Waals surface area contributed by atoms with E-state index in [-0.39, 0.29) is 17.2 Å². The first-order chi connectivity index (χ1) is 11.1. The Morgan fingerprint density at radius 1 is 1.39 bits per heavy atom. The van der Waals surface area contributed by atoms with E-state index in [1.54, 1.807) is 12.1 Å². The number of nitro groups is 1. The number of carbonyl (C=O) groups excluding carboxylic acids is 1. The normalized spacial score (nSPS) is 26.9. The number of likely N-dealkylation sites (tertiary alicyclic amines) is 1. The first-order valence-electron chi connectivity index (χ1n) is 8.37. The van der Waals surface area contributed by atoms with E-state index in [4.69, 9.17) is 0 Å². The Balaban J connectivity index is 1.68. The Morgan fingerprint density at radius 2 is 2.17 bits per heavy atom. The zero-order valence-corrected chi connectivity index (χ0v) is 13.4. The summed E-state index contributed by atoms with van der Waals surface area (Å²) < 4.78 is 0. The summed E-state index contributed by atoms with van der Waals surface area (Å²) in [7, 11) is 0. The van der Waals surface area contributed by atoms with Gasteiger partial charge in [-0.05, 0) is 37.3 Å². The minimum absolute atomic E-state index is 0.137. The molecule has 2 aliphatic rings. The quantitative estimate of drug-likeness (QED) is 0.668. The molecule has 3 unspecified atom stereocenters. The van der Waals surface area contributed by atoms with Crippen molar-refractivity contribution in [2.75, 3.05) is 19.6 Å². The number of para-hydroxylation sites is 1. The lowest BCUT2D eigenvalue weighted by atomic mass is 9.94. The van der Waals surface area contributed by atoms with Gasteiger partial charge in [-0.2, -0.15) is 0 Å². The predicted octanol–water partition coefficient (Wildman–Crippen LogP) is 2.45. The summed E-state index contributed by atoms with van der Waals surface area (Å²) in [6.45, 7) is 4.82. The van der Waals surface area contributed by atoms with E-state index in [0.717, 1.165) is 19.0 Å². The third kappa shape index (κ3) is 3.08. The zero-order valence-electron chi connectivity index (χ0n) is 13.4. The number of benzene rings is 1. The summed E-state index contributed by atoms with van der Waals surface area (Å²) >= 11 is 0. The van der Waals surface area contributed by atoms with Crippen LogP contribution in [0.4, 0.5) is 5.69 Å². The fraction of sp³-hybridized carbons (Fsp3) is 0.588. The van der Waals surface area contributed by atoms with Gasteiger partial charge in [0.1, 0.15) is 5.56 Å². The van der Waals surface area contributed by atoms with Crippen molar-refractivity contribution < 1.29 is 9.72 Å². The second-order valence-corrected chi connectivity index (χ2v) is 6.49. The molecule has 1 aromatic rings. The summed E-state index contributed by atoms with van der Waals surface area (Å²) in [6, 6.07) is 6.48. The Hall–Kier alpha value is -1.95.